The minimum atomic E-state index is -0.0415. The van der Waals surface area contributed by atoms with Crippen LogP contribution in [0.4, 0.5) is 0 Å². The van der Waals surface area contributed by atoms with Crippen LogP contribution in [0.2, 0.25) is 0 Å². The summed E-state index contributed by atoms with van der Waals surface area (Å²) in [4.78, 5) is 16.6. The number of nitrogens with one attached hydrogen (secondary N) is 1. The standard InChI is InChI=1S/C16H20IN3O/c1-16(2,3)14(10-20-9-8-18-11-20)19-15(21)12-6-4-5-7-13(12)17/h4-9,11,14H,10H2,1-3H3,(H,19,21). The van der Waals surface area contributed by atoms with E-state index in [0.29, 0.717) is 6.54 Å². The molecule has 0 radical (unpaired) electrons. The summed E-state index contributed by atoms with van der Waals surface area (Å²) < 4.78 is 2.95. The number of carbonyl (C=O) groups excluding carboxylic acids is 1. The third-order valence-electron chi connectivity index (χ3n) is 3.42. The van der Waals surface area contributed by atoms with Gasteiger partial charge in [-0.15, -0.1) is 0 Å². The molecule has 112 valence electrons. The van der Waals surface area contributed by atoms with Gasteiger partial charge in [0, 0.05) is 22.5 Å². The van der Waals surface area contributed by atoms with Crippen LogP contribution in [0.3, 0.4) is 0 Å². The van der Waals surface area contributed by atoms with Crippen LogP contribution in [0.1, 0.15) is 31.1 Å². The van der Waals surface area contributed by atoms with E-state index in [0.717, 1.165) is 9.13 Å². The number of carbonyl (C=O) groups is 1. The van der Waals surface area contributed by atoms with E-state index in [1.807, 2.05) is 35.0 Å². The first-order valence-corrected chi connectivity index (χ1v) is 7.97. The first kappa shape index (κ1) is 16.0. The van der Waals surface area contributed by atoms with Crippen molar-refractivity contribution < 1.29 is 4.79 Å². The predicted molar refractivity (Wildman–Crippen MR) is 92.1 cm³/mol. The SMILES string of the molecule is CC(C)(C)C(Cn1ccnc1)NC(=O)c1ccccc1I. The fraction of sp³-hybridized carbons (Fsp3) is 0.375. The molecule has 4 nitrogen and oxygen atoms in total. The van der Waals surface area contributed by atoms with E-state index in [4.69, 9.17) is 0 Å². The number of aromatic nitrogens is 2. The molecule has 1 amide bonds. The van der Waals surface area contributed by atoms with Crippen LogP contribution in [0.25, 0.3) is 0 Å². The fourth-order valence-electron chi connectivity index (χ4n) is 2.02. The minimum absolute atomic E-state index is 0.0233. The predicted octanol–water partition coefficient (Wildman–Crippen LogP) is 3.33. The number of amides is 1. The maximum absolute atomic E-state index is 12.5. The van der Waals surface area contributed by atoms with E-state index in [1.165, 1.54) is 0 Å². The van der Waals surface area contributed by atoms with E-state index in [9.17, 15) is 4.79 Å². The molecule has 0 saturated carbocycles. The average molecular weight is 397 g/mol. The summed E-state index contributed by atoms with van der Waals surface area (Å²) in [5.41, 5.74) is 0.679. The van der Waals surface area contributed by atoms with Gasteiger partial charge in [-0.3, -0.25) is 4.79 Å². The molecule has 1 unspecified atom stereocenters. The Kier molecular flexibility index (Phi) is 5.03. The summed E-state index contributed by atoms with van der Waals surface area (Å²) in [6.07, 6.45) is 5.44. The molecule has 1 atom stereocenters. The molecule has 5 heteroatoms. The van der Waals surface area contributed by atoms with Gasteiger partial charge in [-0.2, -0.15) is 0 Å². The summed E-state index contributed by atoms with van der Waals surface area (Å²) in [5.74, 6) is -0.0277. The lowest BCUT2D eigenvalue weighted by Gasteiger charge is -2.32. The zero-order valence-electron chi connectivity index (χ0n) is 12.5. The number of nitrogens with zero attached hydrogens (tertiary/aromatic N) is 2. The quantitative estimate of drug-likeness (QED) is 0.805. The highest BCUT2D eigenvalue weighted by Gasteiger charge is 2.27. The van der Waals surface area contributed by atoms with Gasteiger partial charge in [0.05, 0.1) is 17.9 Å². The lowest BCUT2D eigenvalue weighted by molar-refractivity contribution is 0.0891. The molecule has 1 N–H and O–H groups in total. The maximum Gasteiger partial charge on any atom is 0.252 e. The van der Waals surface area contributed by atoms with E-state index >= 15 is 0 Å². The number of rotatable bonds is 4. The Morgan fingerprint density at radius 2 is 2.10 bits per heavy atom. The highest BCUT2D eigenvalue weighted by atomic mass is 127. The van der Waals surface area contributed by atoms with Gasteiger partial charge in [0.15, 0.2) is 0 Å². The molecule has 0 bridgehead atoms. The Labute approximate surface area is 139 Å². The van der Waals surface area contributed by atoms with Crippen molar-refractivity contribution in [3.8, 4) is 0 Å². The van der Waals surface area contributed by atoms with Crippen molar-refractivity contribution in [1.29, 1.82) is 0 Å². The number of hydrogen-bond acceptors (Lipinski definition) is 2. The molecule has 2 rings (SSSR count). The molecular weight excluding hydrogens is 377 g/mol. The van der Waals surface area contributed by atoms with Gasteiger partial charge in [0.2, 0.25) is 0 Å². The van der Waals surface area contributed by atoms with Crippen LogP contribution in [0.15, 0.2) is 43.0 Å². The van der Waals surface area contributed by atoms with Crippen LogP contribution in [0.5, 0.6) is 0 Å². The third-order valence-corrected chi connectivity index (χ3v) is 4.36. The largest absolute Gasteiger partial charge is 0.347 e. The van der Waals surface area contributed by atoms with E-state index in [2.05, 4.69) is 53.7 Å². The van der Waals surface area contributed by atoms with Gasteiger partial charge in [0.1, 0.15) is 0 Å². The van der Waals surface area contributed by atoms with Crippen molar-refractivity contribution in [1.82, 2.24) is 14.9 Å². The van der Waals surface area contributed by atoms with E-state index < -0.39 is 0 Å². The monoisotopic (exact) mass is 397 g/mol. The number of imidazole rings is 1. The Balaban J connectivity index is 2.16. The number of benzene rings is 1. The molecule has 0 saturated heterocycles. The van der Waals surface area contributed by atoms with Crippen molar-refractivity contribution in [2.45, 2.75) is 33.4 Å². The lowest BCUT2D eigenvalue weighted by atomic mass is 9.86. The summed E-state index contributed by atoms with van der Waals surface area (Å²) >= 11 is 2.19. The van der Waals surface area contributed by atoms with E-state index in [1.54, 1.807) is 12.5 Å². The molecule has 21 heavy (non-hydrogen) atoms. The van der Waals surface area contributed by atoms with Gasteiger partial charge in [-0.05, 0) is 40.1 Å². The zero-order chi connectivity index (χ0) is 15.5. The molecular formula is C16H20IN3O. The fourth-order valence-corrected chi connectivity index (χ4v) is 2.66. The Morgan fingerprint density at radius 3 is 2.67 bits per heavy atom. The smallest absolute Gasteiger partial charge is 0.252 e. The van der Waals surface area contributed by atoms with E-state index in [-0.39, 0.29) is 17.4 Å². The molecule has 0 aliphatic heterocycles. The normalized spacial score (nSPS) is 13.0. The molecule has 0 spiro atoms. The van der Waals surface area contributed by atoms with Crippen LogP contribution in [-0.2, 0) is 6.54 Å². The maximum atomic E-state index is 12.5. The number of hydrogen-bond donors (Lipinski definition) is 1. The second-order valence-electron chi connectivity index (χ2n) is 6.13. The first-order chi connectivity index (χ1) is 9.88. The third kappa shape index (κ3) is 4.30. The topological polar surface area (TPSA) is 46.9 Å². The van der Waals surface area contributed by atoms with Crippen molar-refractivity contribution >= 4 is 28.5 Å². The molecule has 2 aromatic rings. The molecule has 0 aliphatic rings. The Hall–Kier alpha value is -1.37. The Morgan fingerprint density at radius 1 is 1.38 bits per heavy atom. The van der Waals surface area contributed by atoms with Gasteiger partial charge >= 0.3 is 0 Å². The lowest BCUT2D eigenvalue weighted by Crippen LogP contribution is -2.46. The number of halogens is 1. The summed E-state index contributed by atoms with van der Waals surface area (Å²) in [6, 6.07) is 7.64. The van der Waals surface area contributed by atoms with Crippen LogP contribution in [0, 0.1) is 8.99 Å². The van der Waals surface area contributed by atoms with Gasteiger partial charge in [-0.1, -0.05) is 32.9 Å². The molecule has 1 heterocycles. The highest BCUT2D eigenvalue weighted by molar-refractivity contribution is 14.1. The van der Waals surface area contributed by atoms with Crippen LogP contribution in [-0.4, -0.2) is 21.5 Å². The zero-order valence-corrected chi connectivity index (χ0v) is 14.7. The summed E-state index contributed by atoms with van der Waals surface area (Å²) in [5, 5.41) is 3.16. The van der Waals surface area contributed by atoms with Crippen LogP contribution >= 0.6 is 22.6 Å². The molecule has 0 fully saturated rings. The first-order valence-electron chi connectivity index (χ1n) is 6.89. The summed E-state index contributed by atoms with van der Waals surface area (Å²) in [7, 11) is 0. The second-order valence-corrected chi connectivity index (χ2v) is 7.29. The van der Waals surface area contributed by atoms with Crippen molar-refractivity contribution in [2.75, 3.05) is 0 Å². The average Bonchev–Trinajstić information content (AvgIpc) is 2.90. The van der Waals surface area contributed by atoms with Gasteiger partial charge in [0.25, 0.3) is 5.91 Å². The Bertz CT molecular complexity index is 602. The van der Waals surface area contributed by atoms with Crippen LogP contribution < -0.4 is 5.32 Å². The molecule has 1 aromatic heterocycles. The molecule has 1 aromatic carbocycles. The van der Waals surface area contributed by atoms with Gasteiger partial charge < -0.3 is 9.88 Å². The van der Waals surface area contributed by atoms with Crippen molar-refractivity contribution in [3.05, 3.63) is 52.1 Å². The summed E-state index contributed by atoms with van der Waals surface area (Å²) in [6.45, 7) is 7.10. The minimum Gasteiger partial charge on any atom is -0.347 e. The van der Waals surface area contributed by atoms with Gasteiger partial charge in [-0.25, -0.2) is 4.98 Å². The second kappa shape index (κ2) is 6.60. The highest BCUT2D eigenvalue weighted by Crippen LogP contribution is 2.22. The van der Waals surface area contributed by atoms with Crippen molar-refractivity contribution in [2.24, 2.45) is 5.41 Å². The van der Waals surface area contributed by atoms with Crippen molar-refractivity contribution in [3.63, 3.8) is 0 Å². The molecule has 0 aliphatic carbocycles.